The van der Waals surface area contributed by atoms with Crippen LogP contribution in [0.1, 0.15) is 60.1 Å². The second-order valence-corrected chi connectivity index (χ2v) is 11.7. The van der Waals surface area contributed by atoms with Crippen LogP contribution in [0.3, 0.4) is 0 Å². The van der Waals surface area contributed by atoms with E-state index in [9.17, 15) is 9.59 Å². The average Bonchev–Trinajstić information content (AvgIpc) is 3.94. The summed E-state index contributed by atoms with van der Waals surface area (Å²) in [6.45, 7) is 0. The highest BCUT2D eigenvalue weighted by Gasteiger charge is 2.20. The molecule has 244 valence electrons. The molecule has 0 saturated carbocycles. The van der Waals surface area contributed by atoms with Crippen LogP contribution in [0.5, 0.6) is 0 Å². The Bertz CT molecular complexity index is 2240. The molecule has 48 heavy (non-hydrogen) atoms. The summed E-state index contributed by atoms with van der Waals surface area (Å²) >= 11 is 0. The van der Waals surface area contributed by atoms with E-state index < -0.39 is 0 Å². The van der Waals surface area contributed by atoms with Crippen LogP contribution in [0.4, 0.5) is 0 Å². The van der Waals surface area contributed by atoms with Gasteiger partial charge in [-0.2, -0.15) is 0 Å². The molecule has 6 aromatic rings. The lowest BCUT2D eigenvalue weighted by molar-refractivity contribution is -0.141. The van der Waals surface area contributed by atoms with Gasteiger partial charge < -0.3 is 38.5 Å². The molecule has 0 atom stereocenters. The van der Waals surface area contributed by atoms with Gasteiger partial charge in [0.25, 0.3) is 0 Å². The van der Waals surface area contributed by atoms with Crippen molar-refractivity contribution in [2.45, 2.75) is 25.7 Å². The first-order chi connectivity index (χ1) is 23.3. The van der Waals surface area contributed by atoms with E-state index in [2.05, 4.69) is 19.9 Å². The van der Waals surface area contributed by atoms with Gasteiger partial charge in [-0.1, -0.05) is 0 Å². The van der Waals surface area contributed by atoms with Crippen molar-refractivity contribution in [3.8, 4) is 0 Å². The largest absolute Gasteiger partial charge is 0.469 e. The van der Waals surface area contributed by atoms with E-state index in [0.717, 1.165) is 78.1 Å². The number of hydrogen-bond donors (Lipinski definition) is 4. The summed E-state index contributed by atoms with van der Waals surface area (Å²) in [6, 6.07) is 16.2. The molecule has 8 bridgehead atoms. The maximum Gasteiger partial charge on any atom is 0.305 e. The van der Waals surface area contributed by atoms with E-state index in [1.54, 1.807) is 12.4 Å². The lowest BCUT2D eigenvalue weighted by Gasteiger charge is -2.09. The molecule has 0 amide bonds. The SMILES string of the molecule is COC(=O)CCC1=c2ccc([nH]2)=C(c2nccn2C)c2ccc([nH]2)C(CCC(=O)OC)=c2ccc([nH]2)=C(c2nccn2C)c2ccc1[nH]2. The highest BCUT2D eigenvalue weighted by molar-refractivity contribution is 5.79. The minimum atomic E-state index is -0.286. The molecular weight excluding hydrogens is 608 g/mol. The summed E-state index contributed by atoms with van der Waals surface area (Å²) in [7, 11) is 6.73. The fourth-order valence-electron chi connectivity index (χ4n) is 6.34. The van der Waals surface area contributed by atoms with Gasteiger partial charge in [-0.15, -0.1) is 0 Å². The number of methoxy groups -OCH3 is 2. The van der Waals surface area contributed by atoms with Crippen molar-refractivity contribution in [3.63, 3.8) is 0 Å². The number of esters is 2. The molecule has 7 heterocycles. The average molecular weight is 645 g/mol. The van der Waals surface area contributed by atoms with Crippen molar-refractivity contribution in [1.82, 2.24) is 39.0 Å². The standard InChI is InChI=1S/C36H36N8O4/c1-43-19-17-37-35(43)33-27-11-7-23(39-27)21(5-15-31(45)47-3)25-9-13-29(41-25)34(36-38-18-20-44(36)2)30-14-10-26(42-30)22(6-16-32(46)48-4)24-8-12-28(33)40-24/h7-14,17-20,39-42H,5-6,15-16H2,1-4H3. The fourth-order valence-corrected chi connectivity index (χ4v) is 6.34. The number of aryl methyl sites for hydroxylation is 2. The minimum absolute atomic E-state index is 0.213. The summed E-state index contributed by atoms with van der Waals surface area (Å²) in [5.74, 6) is 0.962. The third-order valence-corrected chi connectivity index (χ3v) is 8.83. The predicted octanol–water partition coefficient (Wildman–Crippen LogP) is 1.58. The Hall–Kier alpha value is -6.04. The Labute approximate surface area is 275 Å². The number of aromatic nitrogens is 8. The van der Waals surface area contributed by atoms with Crippen molar-refractivity contribution >= 4 is 34.2 Å². The quantitative estimate of drug-likeness (QED) is 0.185. The molecular formula is C36H36N8O4. The second kappa shape index (κ2) is 12.6. The van der Waals surface area contributed by atoms with E-state index in [0.29, 0.717) is 12.8 Å². The van der Waals surface area contributed by atoms with Crippen molar-refractivity contribution in [2.75, 3.05) is 14.2 Å². The highest BCUT2D eigenvalue weighted by Crippen LogP contribution is 2.25. The number of hydrogen-bond acceptors (Lipinski definition) is 6. The van der Waals surface area contributed by atoms with Crippen LogP contribution in [-0.4, -0.2) is 65.2 Å². The van der Waals surface area contributed by atoms with E-state index in [1.807, 2.05) is 84.2 Å². The molecule has 0 unspecified atom stereocenters. The molecule has 6 aromatic heterocycles. The van der Waals surface area contributed by atoms with Crippen molar-refractivity contribution in [3.05, 3.63) is 129 Å². The second-order valence-electron chi connectivity index (χ2n) is 11.7. The first-order valence-electron chi connectivity index (χ1n) is 15.7. The molecule has 0 radical (unpaired) electrons. The van der Waals surface area contributed by atoms with Gasteiger partial charge in [0.05, 0.1) is 47.5 Å². The maximum absolute atomic E-state index is 12.3. The van der Waals surface area contributed by atoms with Crippen LogP contribution >= 0.6 is 0 Å². The smallest absolute Gasteiger partial charge is 0.305 e. The zero-order chi connectivity index (χ0) is 33.4. The number of H-pyrrole nitrogens is 4. The van der Waals surface area contributed by atoms with Gasteiger partial charge in [0.2, 0.25) is 0 Å². The predicted molar refractivity (Wildman–Crippen MR) is 179 cm³/mol. The first kappa shape index (κ1) is 30.6. The number of aromatic amines is 4. The van der Waals surface area contributed by atoms with E-state index in [4.69, 9.17) is 19.4 Å². The van der Waals surface area contributed by atoms with Gasteiger partial charge in [0, 0.05) is 73.8 Å². The van der Waals surface area contributed by atoms with Crippen molar-refractivity contribution in [1.29, 1.82) is 0 Å². The molecule has 0 aliphatic carbocycles. The molecule has 12 nitrogen and oxygen atoms in total. The van der Waals surface area contributed by atoms with Gasteiger partial charge in [0.15, 0.2) is 0 Å². The number of rotatable bonds is 8. The first-order valence-corrected chi connectivity index (χ1v) is 15.7. The van der Waals surface area contributed by atoms with Crippen LogP contribution in [0.15, 0.2) is 73.3 Å². The molecule has 0 spiro atoms. The van der Waals surface area contributed by atoms with Gasteiger partial charge >= 0.3 is 11.9 Å². The lowest BCUT2D eigenvalue weighted by atomic mass is 10.1. The highest BCUT2D eigenvalue weighted by atomic mass is 16.5. The summed E-state index contributed by atoms with van der Waals surface area (Å²) in [4.78, 5) is 48.7. The Morgan fingerprint density at radius 2 is 0.979 bits per heavy atom. The number of fused-ring (bicyclic) bond motifs is 8. The van der Waals surface area contributed by atoms with Gasteiger partial charge in [-0.25, -0.2) is 9.97 Å². The van der Waals surface area contributed by atoms with Gasteiger partial charge in [-0.05, 0) is 72.5 Å². The number of nitrogens with one attached hydrogen (secondary N) is 4. The Morgan fingerprint density at radius 3 is 1.35 bits per heavy atom. The third kappa shape index (κ3) is 5.61. The molecule has 12 heteroatoms. The van der Waals surface area contributed by atoms with E-state index in [1.165, 1.54) is 14.2 Å². The molecule has 1 aliphatic heterocycles. The van der Waals surface area contributed by atoms with E-state index in [-0.39, 0.29) is 24.8 Å². The minimum Gasteiger partial charge on any atom is -0.469 e. The number of carbonyl (C=O) groups excluding carboxylic acids is 2. The summed E-state index contributed by atoms with van der Waals surface area (Å²) in [6.07, 6.45) is 8.68. The van der Waals surface area contributed by atoms with Crippen molar-refractivity contribution in [2.24, 2.45) is 14.1 Å². The molecule has 0 saturated heterocycles. The zero-order valence-electron chi connectivity index (χ0n) is 27.2. The lowest BCUT2D eigenvalue weighted by Crippen LogP contribution is -2.20. The topological polar surface area (TPSA) is 151 Å². The molecule has 7 rings (SSSR count). The summed E-state index contributed by atoms with van der Waals surface area (Å²) < 4.78 is 14.0. The Morgan fingerprint density at radius 1 is 0.583 bits per heavy atom. The van der Waals surface area contributed by atoms with Gasteiger partial charge in [0.1, 0.15) is 11.6 Å². The number of carbonyl (C=O) groups is 2. The molecule has 4 N–H and O–H groups in total. The van der Waals surface area contributed by atoms with Crippen LogP contribution < -0.4 is 21.4 Å². The van der Waals surface area contributed by atoms with Crippen LogP contribution in [0.2, 0.25) is 0 Å². The fraction of sp³-hybridized carbons (Fsp3) is 0.222. The number of ether oxygens (including phenoxy) is 2. The Kier molecular flexibility index (Phi) is 8.05. The monoisotopic (exact) mass is 644 g/mol. The van der Waals surface area contributed by atoms with Crippen LogP contribution in [0.25, 0.3) is 22.3 Å². The number of imidazole rings is 2. The van der Waals surface area contributed by atoms with Gasteiger partial charge in [-0.3, -0.25) is 9.59 Å². The maximum atomic E-state index is 12.3. The van der Waals surface area contributed by atoms with E-state index >= 15 is 0 Å². The molecule has 0 fully saturated rings. The summed E-state index contributed by atoms with van der Waals surface area (Å²) in [5.41, 5.74) is 7.02. The normalized spacial score (nSPS) is 12.9. The summed E-state index contributed by atoms with van der Waals surface area (Å²) in [5, 5.41) is 3.42. The molecule has 1 aliphatic rings. The molecule has 0 aromatic carbocycles. The van der Waals surface area contributed by atoms with Crippen molar-refractivity contribution < 1.29 is 19.1 Å². The van der Waals surface area contributed by atoms with Crippen LogP contribution in [0, 0.1) is 0 Å². The zero-order valence-corrected chi connectivity index (χ0v) is 27.2. The number of nitrogens with zero attached hydrogens (tertiary/aromatic N) is 4. The third-order valence-electron chi connectivity index (χ3n) is 8.83. The van der Waals surface area contributed by atoms with Crippen LogP contribution in [-0.2, 0) is 33.2 Å². The Balaban J connectivity index is 1.57.